The molecule has 0 aliphatic heterocycles. The number of nitrogens with one attached hydrogen (secondary N) is 1. The molecule has 18 heavy (non-hydrogen) atoms. The van der Waals surface area contributed by atoms with Crippen molar-refractivity contribution in [3.8, 4) is 0 Å². The molecule has 2 aromatic rings. The minimum Gasteiger partial charge on any atom is -0.459 e. The molecule has 0 bridgehead atoms. The Morgan fingerprint density at radius 3 is 2.61 bits per heavy atom. The van der Waals surface area contributed by atoms with E-state index in [1.54, 1.807) is 0 Å². The molecule has 1 aromatic carbocycles. The quantitative estimate of drug-likeness (QED) is 0.831. The first-order valence-corrected chi connectivity index (χ1v) is 6.92. The van der Waals surface area contributed by atoms with Crippen molar-refractivity contribution in [2.45, 2.75) is 46.1 Å². The van der Waals surface area contributed by atoms with Crippen LogP contribution in [-0.2, 0) is 0 Å². The van der Waals surface area contributed by atoms with Crippen LogP contribution in [0.5, 0.6) is 0 Å². The average Bonchev–Trinajstić information content (AvgIpc) is 2.80. The van der Waals surface area contributed by atoms with Crippen LogP contribution < -0.4 is 5.32 Å². The van der Waals surface area contributed by atoms with Crippen molar-refractivity contribution in [3.05, 3.63) is 35.6 Å². The number of furan rings is 1. The minimum atomic E-state index is 0.273. The molecule has 0 saturated carbocycles. The van der Waals surface area contributed by atoms with E-state index >= 15 is 0 Å². The minimum absolute atomic E-state index is 0.273. The molecule has 2 heteroatoms. The summed E-state index contributed by atoms with van der Waals surface area (Å²) in [6.07, 6.45) is 1.17. The van der Waals surface area contributed by atoms with E-state index in [-0.39, 0.29) is 6.04 Å². The van der Waals surface area contributed by atoms with Crippen LogP contribution in [0, 0.1) is 0 Å². The normalized spacial score (nSPS) is 14.9. The van der Waals surface area contributed by atoms with E-state index in [1.807, 2.05) is 0 Å². The van der Waals surface area contributed by atoms with Crippen molar-refractivity contribution in [1.29, 1.82) is 0 Å². The Labute approximate surface area is 109 Å². The molecule has 0 saturated heterocycles. The molecule has 1 aromatic heterocycles. The smallest absolute Gasteiger partial charge is 0.134 e. The van der Waals surface area contributed by atoms with Crippen LogP contribution in [0.4, 0.5) is 0 Å². The lowest BCUT2D eigenvalue weighted by Gasteiger charge is -2.07. The van der Waals surface area contributed by atoms with E-state index in [1.165, 1.54) is 17.4 Å². The Balaban J connectivity index is 2.33. The predicted octanol–water partition coefficient (Wildman–Crippen LogP) is 4.62. The Morgan fingerprint density at radius 1 is 1.17 bits per heavy atom. The Morgan fingerprint density at radius 2 is 1.94 bits per heavy atom. The van der Waals surface area contributed by atoms with Gasteiger partial charge in [0.15, 0.2) is 0 Å². The van der Waals surface area contributed by atoms with Gasteiger partial charge in [0.2, 0.25) is 0 Å². The lowest BCUT2D eigenvalue weighted by molar-refractivity contribution is 0.459. The predicted molar refractivity (Wildman–Crippen MR) is 77.0 cm³/mol. The van der Waals surface area contributed by atoms with Gasteiger partial charge in [0, 0.05) is 5.39 Å². The van der Waals surface area contributed by atoms with Gasteiger partial charge in [-0.15, -0.1) is 0 Å². The Hall–Kier alpha value is -1.28. The lowest BCUT2D eigenvalue weighted by atomic mass is 9.97. The van der Waals surface area contributed by atoms with Crippen molar-refractivity contribution >= 4 is 11.0 Å². The second kappa shape index (κ2) is 5.57. The maximum absolute atomic E-state index is 5.89. The zero-order valence-electron chi connectivity index (χ0n) is 11.8. The number of hydrogen-bond acceptors (Lipinski definition) is 2. The lowest BCUT2D eigenvalue weighted by Crippen LogP contribution is -2.16. The van der Waals surface area contributed by atoms with E-state index < -0.39 is 0 Å². The first kappa shape index (κ1) is 13.2. The van der Waals surface area contributed by atoms with Crippen molar-refractivity contribution in [2.75, 3.05) is 6.54 Å². The third-order valence-corrected chi connectivity index (χ3v) is 3.68. The van der Waals surface area contributed by atoms with Crippen LogP contribution in [0.15, 0.2) is 28.7 Å². The number of hydrogen-bond donors (Lipinski definition) is 1. The summed E-state index contributed by atoms with van der Waals surface area (Å²) in [7, 11) is 0. The molecule has 0 aliphatic carbocycles. The van der Waals surface area contributed by atoms with Crippen LogP contribution in [-0.4, -0.2) is 6.54 Å². The van der Waals surface area contributed by atoms with Crippen molar-refractivity contribution in [1.82, 2.24) is 5.32 Å². The van der Waals surface area contributed by atoms with Crippen LogP contribution in [0.3, 0.4) is 0 Å². The maximum atomic E-state index is 5.89. The van der Waals surface area contributed by atoms with Gasteiger partial charge in [0.1, 0.15) is 11.3 Å². The second-order valence-electron chi connectivity index (χ2n) is 5.03. The molecule has 0 radical (unpaired) electrons. The molecule has 0 aliphatic rings. The molecule has 1 N–H and O–H groups in total. The topological polar surface area (TPSA) is 25.2 Å². The fourth-order valence-electron chi connectivity index (χ4n) is 2.24. The number of fused-ring (bicyclic) bond motifs is 1. The third kappa shape index (κ3) is 2.59. The molecule has 2 nitrogen and oxygen atoms in total. The summed E-state index contributed by atoms with van der Waals surface area (Å²) in [6, 6.07) is 8.97. The fraction of sp³-hybridized carbons (Fsp3) is 0.500. The highest BCUT2D eigenvalue weighted by molar-refractivity contribution is 5.79. The summed E-state index contributed by atoms with van der Waals surface area (Å²) in [5.74, 6) is 1.63. The summed E-state index contributed by atoms with van der Waals surface area (Å²) < 4.78 is 5.89. The molecule has 2 atom stereocenters. The first-order valence-electron chi connectivity index (χ1n) is 6.92. The van der Waals surface area contributed by atoms with Gasteiger partial charge >= 0.3 is 0 Å². The van der Waals surface area contributed by atoms with Gasteiger partial charge in [-0.25, -0.2) is 0 Å². The largest absolute Gasteiger partial charge is 0.459 e. The molecular formula is C16H23NO. The highest BCUT2D eigenvalue weighted by atomic mass is 16.3. The van der Waals surface area contributed by atoms with Crippen molar-refractivity contribution in [2.24, 2.45) is 0 Å². The summed E-state index contributed by atoms with van der Waals surface area (Å²) in [5, 5.41) is 4.59. The molecule has 1 heterocycles. The monoisotopic (exact) mass is 245 g/mol. The van der Waals surface area contributed by atoms with Gasteiger partial charge in [-0.05, 0) is 49.6 Å². The van der Waals surface area contributed by atoms with Gasteiger partial charge in [-0.2, -0.15) is 0 Å². The van der Waals surface area contributed by atoms with E-state index in [0.717, 1.165) is 17.9 Å². The zero-order chi connectivity index (χ0) is 13.1. The second-order valence-corrected chi connectivity index (χ2v) is 5.03. The van der Waals surface area contributed by atoms with Crippen LogP contribution in [0.2, 0.25) is 0 Å². The molecule has 0 fully saturated rings. The molecule has 2 rings (SSSR count). The van der Waals surface area contributed by atoms with E-state index in [2.05, 4.69) is 57.3 Å². The molecule has 0 amide bonds. The Bertz CT molecular complexity index is 515. The van der Waals surface area contributed by atoms with Gasteiger partial charge < -0.3 is 9.73 Å². The fourth-order valence-corrected chi connectivity index (χ4v) is 2.24. The summed E-state index contributed by atoms with van der Waals surface area (Å²) in [4.78, 5) is 0. The number of rotatable bonds is 5. The van der Waals surface area contributed by atoms with Gasteiger partial charge in [-0.1, -0.05) is 26.8 Å². The average molecular weight is 245 g/mol. The first-order chi connectivity index (χ1) is 8.65. The molecular weight excluding hydrogens is 222 g/mol. The van der Waals surface area contributed by atoms with Crippen molar-refractivity contribution in [3.63, 3.8) is 0 Å². The van der Waals surface area contributed by atoms with Crippen LogP contribution >= 0.6 is 0 Å². The summed E-state index contributed by atoms with van der Waals surface area (Å²) >= 11 is 0. The standard InChI is InChI=1S/C16H23NO/c1-5-11(3)13-7-8-15-14(9-13)10-16(18-15)12(4)17-6-2/h7-12,17H,5-6H2,1-4H3. The van der Waals surface area contributed by atoms with E-state index in [0.29, 0.717) is 5.92 Å². The summed E-state index contributed by atoms with van der Waals surface area (Å²) in [6.45, 7) is 9.69. The molecule has 0 spiro atoms. The number of benzene rings is 1. The van der Waals surface area contributed by atoms with Gasteiger partial charge in [0.05, 0.1) is 6.04 Å². The van der Waals surface area contributed by atoms with Crippen LogP contribution in [0.1, 0.15) is 57.4 Å². The third-order valence-electron chi connectivity index (χ3n) is 3.68. The SMILES string of the molecule is CCNC(C)c1cc2cc(C(C)CC)ccc2o1. The summed E-state index contributed by atoms with van der Waals surface area (Å²) in [5.41, 5.74) is 2.38. The highest BCUT2D eigenvalue weighted by Crippen LogP contribution is 2.28. The van der Waals surface area contributed by atoms with Gasteiger partial charge in [0.25, 0.3) is 0 Å². The van der Waals surface area contributed by atoms with E-state index in [4.69, 9.17) is 4.42 Å². The van der Waals surface area contributed by atoms with Gasteiger partial charge in [-0.3, -0.25) is 0 Å². The highest BCUT2D eigenvalue weighted by Gasteiger charge is 2.11. The van der Waals surface area contributed by atoms with E-state index in [9.17, 15) is 0 Å². The maximum Gasteiger partial charge on any atom is 0.134 e. The Kier molecular flexibility index (Phi) is 4.07. The zero-order valence-corrected chi connectivity index (χ0v) is 11.8. The van der Waals surface area contributed by atoms with Crippen molar-refractivity contribution < 1.29 is 4.42 Å². The molecule has 98 valence electrons. The molecule has 2 unspecified atom stereocenters. The van der Waals surface area contributed by atoms with Crippen LogP contribution in [0.25, 0.3) is 11.0 Å².